The first-order valence-electron chi connectivity index (χ1n) is 9.25. The van der Waals surface area contributed by atoms with Gasteiger partial charge in [-0.1, -0.05) is 11.8 Å². The molecule has 12 heteroatoms. The molecule has 0 fully saturated rings. The normalized spacial score (nSPS) is 15.8. The second kappa shape index (κ2) is 9.82. The van der Waals surface area contributed by atoms with Crippen molar-refractivity contribution in [2.75, 3.05) is 16.4 Å². The van der Waals surface area contributed by atoms with Crippen LogP contribution in [0.5, 0.6) is 0 Å². The van der Waals surface area contributed by atoms with Gasteiger partial charge in [-0.2, -0.15) is 5.26 Å². The number of furan rings is 1. The van der Waals surface area contributed by atoms with E-state index in [-0.39, 0.29) is 17.6 Å². The molecule has 162 valence electrons. The third kappa shape index (κ3) is 4.75. The zero-order chi connectivity index (χ0) is 22.5. The van der Waals surface area contributed by atoms with Crippen LogP contribution in [0.15, 0.2) is 67.8 Å². The number of hydrogen-bond acceptors (Lipinski definition) is 10. The van der Waals surface area contributed by atoms with E-state index in [2.05, 4.69) is 32.0 Å². The molecule has 0 spiro atoms. The number of anilines is 2. The number of carbonyl (C=O) groups is 2. The minimum atomic E-state index is -0.722. The van der Waals surface area contributed by atoms with Crippen LogP contribution < -0.4 is 16.0 Å². The van der Waals surface area contributed by atoms with Gasteiger partial charge in [-0.15, -0.1) is 22.7 Å². The zero-order valence-corrected chi connectivity index (χ0v) is 19.1. The summed E-state index contributed by atoms with van der Waals surface area (Å²) in [4.78, 5) is 33.5. The average molecular weight is 485 g/mol. The summed E-state index contributed by atoms with van der Waals surface area (Å²) in [6, 6.07) is 5.61. The first-order valence-corrected chi connectivity index (χ1v) is 12.0. The van der Waals surface area contributed by atoms with Crippen LogP contribution >= 0.6 is 34.4 Å². The standard InChI is InChI=1S/C20H16N6O3S3/c1-11-15(17(28)26-20-23-5-8-31-20)16(13-3-2-6-29-13)12(9-21)18(24-11)32-10-14(27)25-19-22-4-7-30-19/h2-8,16,24H,10H2,1H3,(H,22,25,27)(H,23,26,28)/t16-/m1/s1. The summed E-state index contributed by atoms with van der Waals surface area (Å²) in [5.41, 5.74) is 1.20. The number of dihydropyridines is 1. The largest absolute Gasteiger partial charge is 0.468 e. The van der Waals surface area contributed by atoms with Gasteiger partial charge in [-0.25, -0.2) is 9.97 Å². The molecule has 9 nitrogen and oxygen atoms in total. The Balaban J connectivity index is 1.60. The Bertz CT molecular complexity index is 1210. The first-order chi connectivity index (χ1) is 15.6. The molecule has 1 aliphatic rings. The van der Waals surface area contributed by atoms with Crippen LogP contribution in [-0.2, 0) is 9.59 Å². The maximum absolute atomic E-state index is 13.1. The molecule has 3 aromatic rings. The second-order valence-electron chi connectivity index (χ2n) is 6.43. The Morgan fingerprint density at radius 3 is 2.56 bits per heavy atom. The van der Waals surface area contributed by atoms with Gasteiger partial charge in [0.25, 0.3) is 5.91 Å². The van der Waals surface area contributed by atoms with Crippen molar-refractivity contribution < 1.29 is 14.0 Å². The summed E-state index contributed by atoms with van der Waals surface area (Å²) in [5, 5.41) is 23.5. The van der Waals surface area contributed by atoms with Crippen LogP contribution in [0.4, 0.5) is 10.3 Å². The van der Waals surface area contributed by atoms with Crippen molar-refractivity contribution in [3.05, 3.63) is 69.2 Å². The zero-order valence-electron chi connectivity index (χ0n) is 16.6. The summed E-state index contributed by atoms with van der Waals surface area (Å²) >= 11 is 3.79. The number of nitrogens with one attached hydrogen (secondary N) is 3. The first kappa shape index (κ1) is 21.8. The number of thioether (sulfide) groups is 1. The molecular formula is C20H16N6O3S3. The van der Waals surface area contributed by atoms with Crippen LogP contribution in [0.2, 0.25) is 0 Å². The Kier molecular flexibility index (Phi) is 6.69. The van der Waals surface area contributed by atoms with E-state index in [0.717, 1.165) is 0 Å². The van der Waals surface area contributed by atoms with Gasteiger partial charge in [0.2, 0.25) is 5.91 Å². The highest BCUT2D eigenvalue weighted by molar-refractivity contribution is 8.03. The van der Waals surface area contributed by atoms with E-state index in [1.807, 2.05) is 0 Å². The van der Waals surface area contributed by atoms with E-state index < -0.39 is 5.92 Å². The number of thiazole rings is 2. The monoisotopic (exact) mass is 484 g/mol. The summed E-state index contributed by atoms with van der Waals surface area (Å²) < 4.78 is 5.58. The van der Waals surface area contributed by atoms with Crippen LogP contribution in [0, 0.1) is 11.3 Å². The van der Waals surface area contributed by atoms with Crippen molar-refractivity contribution in [1.82, 2.24) is 15.3 Å². The van der Waals surface area contributed by atoms with Crippen molar-refractivity contribution in [2.24, 2.45) is 0 Å². The van der Waals surface area contributed by atoms with E-state index in [9.17, 15) is 14.9 Å². The molecule has 32 heavy (non-hydrogen) atoms. The molecule has 0 saturated carbocycles. The van der Waals surface area contributed by atoms with Crippen molar-refractivity contribution in [3.8, 4) is 6.07 Å². The highest BCUT2D eigenvalue weighted by Crippen LogP contribution is 2.41. The van der Waals surface area contributed by atoms with Crippen molar-refractivity contribution in [1.29, 1.82) is 5.26 Å². The molecule has 1 atom stereocenters. The van der Waals surface area contributed by atoms with E-state index in [1.165, 1.54) is 40.7 Å². The fraction of sp³-hybridized carbons (Fsp3) is 0.150. The summed E-state index contributed by atoms with van der Waals surface area (Å²) in [6.07, 6.45) is 4.69. The lowest BCUT2D eigenvalue weighted by molar-refractivity contribution is -0.114. The van der Waals surface area contributed by atoms with Crippen molar-refractivity contribution in [2.45, 2.75) is 12.8 Å². The number of carbonyl (C=O) groups excluding carboxylic acids is 2. The van der Waals surface area contributed by atoms with Gasteiger partial charge in [0.05, 0.1) is 40.2 Å². The van der Waals surface area contributed by atoms with Gasteiger partial charge in [0, 0.05) is 28.9 Å². The highest BCUT2D eigenvalue weighted by atomic mass is 32.2. The Morgan fingerprint density at radius 2 is 1.97 bits per heavy atom. The lowest BCUT2D eigenvalue weighted by Gasteiger charge is -2.28. The summed E-state index contributed by atoms with van der Waals surface area (Å²) in [5.74, 6) is -0.839. The Labute approximate surface area is 195 Å². The predicted molar refractivity (Wildman–Crippen MR) is 124 cm³/mol. The van der Waals surface area contributed by atoms with Gasteiger partial charge in [-0.05, 0) is 19.1 Å². The molecule has 0 bridgehead atoms. The Morgan fingerprint density at radius 1 is 1.25 bits per heavy atom. The second-order valence-corrected chi connectivity index (χ2v) is 9.21. The molecule has 0 aromatic carbocycles. The molecule has 4 rings (SSSR count). The maximum atomic E-state index is 13.1. The quantitative estimate of drug-likeness (QED) is 0.460. The minimum Gasteiger partial charge on any atom is -0.468 e. The van der Waals surface area contributed by atoms with Gasteiger partial charge in [-0.3, -0.25) is 14.9 Å². The van der Waals surface area contributed by atoms with E-state index in [4.69, 9.17) is 4.42 Å². The molecule has 0 unspecified atom stereocenters. The fourth-order valence-corrected chi connectivity index (χ4v) is 5.06. The van der Waals surface area contributed by atoms with E-state index >= 15 is 0 Å². The molecule has 0 aliphatic carbocycles. The van der Waals surface area contributed by atoms with Gasteiger partial charge in [0.15, 0.2) is 10.3 Å². The fourth-order valence-electron chi connectivity index (χ4n) is 3.10. The van der Waals surface area contributed by atoms with Crippen LogP contribution in [0.3, 0.4) is 0 Å². The molecule has 0 radical (unpaired) electrons. The number of allylic oxidation sites excluding steroid dienone is 2. The Hall–Kier alpha value is -3.40. The number of amides is 2. The topological polar surface area (TPSA) is 133 Å². The maximum Gasteiger partial charge on any atom is 0.256 e. The third-order valence-electron chi connectivity index (χ3n) is 4.40. The van der Waals surface area contributed by atoms with Crippen LogP contribution in [0.25, 0.3) is 0 Å². The van der Waals surface area contributed by atoms with Gasteiger partial charge in [0.1, 0.15) is 5.76 Å². The lowest BCUT2D eigenvalue weighted by Crippen LogP contribution is -2.31. The molecule has 3 N–H and O–H groups in total. The SMILES string of the molecule is CC1=C(C(=O)Nc2nccs2)[C@@H](c2ccco2)C(C#N)=C(SCC(=O)Nc2nccs2)N1. The average Bonchev–Trinajstić information content (AvgIpc) is 3.55. The molecule has 1 aliphatic heterocycles. The summed E-state index contributed by atoms with van der Waals surface area (Å²) in [7, 11) is 0. The van der Waals surface area contributed by atoms with Gasteiger partial charge >= 0.3 is 0 Å². The smallest absolute Gasteiger partial charge is 0.256 e. The van der Waals surface area contributed by atoms with Crippen LogP contribution in [-0.4, -0.2) is 27.5 Å². The molecular weight excluding hydrogens is 468 g/mol. The molecule has 3 aromatic heterocycles. The van der Waals surface area contributed by atoms with E-state index in [0.29, 0.717) is 37.9 Å². The summed E-state index contributed by atoms with van der Waals surface area (Å²) in [6.45, 7) is 1.75. The number of hydrogen-bond donors (Lipinski definition) is 3. The highest BCUT2D eigenvalue weighted by Gasteiger charge is 2.36. The molecule has 2 amide bonds. The van der Waals surface area contributed by atoms with Gasteiger partial charge < -0.3 is 15.1 Å². The van der Waals surface area contributed by atoms with Crippen LogP contribution in [0.1, 0.15) is 18.6 Å². The lowest BCUT2D eigenvalue weighted by atomic mass is 9.85. The molecule has 0 saturated heterocycles. The number of nitriles is 1. The number of aromatic nitrogens is 2. The number of nitrogens with zero attached hydrogens (tertiary/aromatic N) is 3. The molecule has 4 heterocycles. The minimum absolute atomic E-state index is 0.0614. The van der Waals surface area contributed by atoms with E-state index in [1.54, 1.807) is 42.2 Å². The predicted octanol–water partition coefficient (Wildman–Crippen LogP) is 3.90. The third-order valence-corrected chi connectivity index (χ3v) is 6.79. The van der Waals surface area contributed by atoms with Crippen molar-refractivity contribution in [3.63, 3.8) is 0 Å². The van der Waals surface area contributed by atoms with Crippen molar-refractivity contribution >= 4 is 56.5 Å². The number of rotatable bonds is 7.